The number of hydrogen-bond donors (Lipinski definition) is 2. The number of nitrogens with zero attached hydrogens (tertiary/aromatic N) is 2. The molecular formula is C6H6N3NaO. The van der Waals surface area contributed by atoms with Crippen molar-refractivity contribution in [2.75, 3.05) is 0 Å². The molecule has 0 atom stereocenters. The van der Waals surface area contributed by atoms with Crippen molar-refractivity contribution < 1.29 is 36.1 Å². The largest absolute Gasteiger partial charge is 1.00 e. The third-order valence-electron chi connectivity index (χ3n) is 1.33. The van der Waals surface area contributed by atoms with Gasteiger partial charge in [-0.25, -0.2) is 0 Å². The first kappa shape index (κ1) is 8.52. The van der Waals surface area contributed by atoms with Gasteiger partial charge in [-0.05, 0) is 12.1 Å². The zero-order valence-electron chi connectivity index (χ0n) is 7.07. The Labute approximate surface area is 86.4 Å². The quantitative estimate of drug-likeness (QED) is 0.428. The van der Waals surface area contributed by atoms with Crippen molar-refractivity contribution in [2.24, 2.45) is 0 Å². The zero-order chi connectivity index (χ0) is 6.97. The van der Waals surface area contributed by atoms with Gasteiger partial charge in [0.05, 0.1) is 0 Å². The predicted octanol–water partition coefficient (Wildman–Crippen LogP) is -2.22. The number of phenolic OH excluding ortho intramolecular Hbond substituents is 1. The molecule has 0 saturated carbocycles. The molecule has 52 valence electrons. The minimum atomic E-state index is 0. The van der Waals surface area contributed by atoms with E-state index >= 15 is 0 Å². The molecule has 0 spiro atoms. The van der Waals surface area contributed by atoms with Crippen molar-refractivity contribution >= 4 is 11.0 Å². The fraction of sp³-hybridized carbons (Fsp3) is 0. The molecule has 2 N–H and O–H groups in total. The number of aromatic hydroxyl groups is 1. The standard InChI is InChI=1S/C6H5N3O.Na.H/c10-5-3-1-2-4-6(5)8-9-7-4;;/h1-3,10H,(H,7,8,9);;/q;+1;-1. The van der Waals surface area contributed by atoms with Gasteiger partial charge in [0, 0.05) is 0 Å². The molecule has 0 aliphatic carbocycles. The van der Waals surface area contributed by atoms with Crippen LogP contribution in [0.1, 0.15) is 1.43 Å². The predicted molar refractivity (Wildman–Crippen MR) is 36.7 cm³/mol. The summed E-state index contributed by atoms with van der Waals surface area (Å²) in [7, 11) is 0. The molecule has 1 heterocycles. The Hall–Kier alpha value is -0.580. The Morgan fingerprint density at radius 2 is 2.18 bits per heavy atom. The van der Waals surface area contributed by atoms with E-state index in [2.05, 4.69) is 15.4 Å². The van der Waals surface area contributed by atoms with E-state index in [0.717, 1.165) is 0 Å². The van der Waals surface area contributed by atoms with E-state index in [0.29, 0.717) is 11.0 Å². The molecule has 0 aliphatic rings. The third-order valence-corrected chi connectivity index (χ3v) is 1.33. The Kier molecular flexibility index (Phi) is 2.49. The van der Waals surface area contributed by atoms with Crippen LogP contribution in [-0.4, -0.2) is 20.5 Å². The summed E-state index contributed by atoms with van der Waals surface area (Å²) < 4.78 is 0. The molecule has 2 rings (SSSR count). The number of aromatic amines is 1. The maximum Gasteiger partial charge on any atom is 1.00 e. The van der Waals surface area contributed by atoms with Gasteiger partial charge in [-0.15, -0.1) is 0 Å². The first-order chi connectivity index (χ1) is 4.88. The van der Waals surface area contributed by atoms with E-state index in [1.807, 2.05) is 0 Å². The van der Waals surface area contributed by atoms with Crippen LogP contribution < -0.4 is 29.6 Å². The van der Waals surface area contributed by atoms with Crippen LogP contribution in [0.2, 0.25) is 0 Å². The molecule has 0 fully saturated rings. The van der Waals surface area contributed by atoms with Crippen LogP contribution in [0.3, 0.4) is 0 Å². The number of nitrogens with one attached hydrogen (secondary N) is 1. The monoisotopic (exact) mass is 159 g/mol. The van der Waals surface area contributed by atoms with Crippen molar-refractivity contribution in [3.8, 4) is 5.75 Å². The molecule has 11 heavy (non-hydrogen) atoms. The second-order valence-electron chi connectivity index (χ2n) is 1.97. The average Bonchev–Trinajstić information content (AvgIpc) is 2.36. The normalized spacial score (nSPS) is 9.45. The van der Waals surface area contributed by atoms with E-state index in [1.54, 1.807) is 18.2 Å². The molecule has 0 amide bonds. The molecule has 0 bridgehead atoms. The van der Waals surface area contributed by atoms with Crippen molar-refractivity contribution in [1.29, 1.82) is 0 Å². The van der Waals surface area contributed by atoms with Gasteiger partial charge in [-0.3, -0.25) is 0 Å². The minimum Gasteiger partial charge on any atom is -1.00 e. The molecule has 5 heteroatoms. The fourth-order valence-corrected chi connectivity index (χ4v) is 0.853. The first-order valence-electron chi connectivity index (χ1n) is 2.86. The minimum absolute atomic E-state index is 0. The second kappa shape index (κ2) is 3.21. The maximum atomic E-state index is 9.14. The molecule has 1 aromatic heterocycles. The summed E-state index contributed by atoms with van der Waals surface area (Å²) in [5, 5.41) is 19.1. The summed E-state index contributed by atoms with van der Waals surface area (Å²) in [6.45, 7) is 0. The summed E-state index contributed by atoms with van der Waals surface area (Å²) >= 11 is 0. The van der Waals surface area contributed by atoms with Gasteiger partial charge in [0.2, 0.25) is 0 Å². The molecule has 2 aromatic rings. The topological polar surface area (TPSA) is 61.8 Å². The van der Waals surface area contributed by atoms with E-state index < -0.39 is 0 Å². The number of para-hydroxylation sites is 1. The van der Waals surface area contributed by atoms with Crippen LogP contribution in [0, 0.1) is 0 Å². The van der Waals surface area contributed by atoms with Gasteiger partial charge < -0.3 is 6.53 Å². The number of benzene rings is 1. The molecule has 0 saturated heterocycles. The van der Waals surface area contributed by atoms with E-state index in [1.165, 1.54) is 0 Å². The van der Waals surface area contributed by atoms with Crippen molar-refractivity contribution in [3.05, 3.63) is 18.2 Å². The third kappa shape index (κ3) is 1.38. The molecular weight excluding hydrogens is 153 g/mol. The number of rotatable bonds is 0. The number of aromatic nitrogens is 3. The maximum absolute atomic E-state index is 9.14. The van der Waals surface area contributed by atoms with Crippen LogP contribution in [-0.2, 0) is 0 Å². The van der Waals surface area contributed by atoms with Crippen molar-refractivity contribution in [1.82, 2.24) is 15.4 Å². The van der Waals surface area contributed by atoms with Crippen molar-refractivity contribution in [3.63, 3.8) is 0 Å². The van der Waals surface area contributed by atoms with Crippen LogP contribution in [0.25, 0.3) is 11.0 Å². The number of phenols is 1. The van der Waals surface area contributed by atoms with Gasteiger partial charge in [0.15, 0.2) is 5.52 Å². The number of hydrogen-bond acceptors (Lipinski definition) is 3. The SMILES string of the molecule is Oc1cccc2n[nH]nc12.[H-].[Na+]. The second-order valence-corrected chi connectivity index (χ2v) is 1.97. The zero-order valence-corrected chi connectivity index (χ0v) is 8.07. The summed E-state index contributed by atoms with van der Waals surface area (Å²) in [6.07, 6.45) is 0. The Morgan fingerprint density at radius 1 is 1.36 bits per heavy atom. The van der Waals surface area contributed by atoms with Crippen LogP contribution in [0.15, 0.2) is 18.2 Å². The summed E-state index contributed by atoms with van der Waals surface area (Å²) in [5.41, 5.74) is 1.20. The van der Waals surface area contributed by atoms with E-state index in [9.17, 15) is 0 Å². The van der Waals surface area contributed by atoms with E-state index in [-0.39, 0.29) is 36.7 Å². The van der Waals surface area contributed by atoms with Gasteiger partial charge in [-0.1, -0.05) is 6.07 Å². The average molecular weight is 159 g/mol. The fourth-order valence-electron chi connectivity index (χ4n) is 0.853. The summed E-state index contributed by atoms with van der Waals surface area (Å²) in [6, 6.07) is 5.07. The molecule has 1 aromatic carbocycles. The van der Waals surface area contributed by atoms with Crippen LogP contribution in [0.4, 0.5) is 0 Å². The number of fused-ring (bicyclic) bond motifs is 1. The Morgan fingerprint density at radius 3 is 2.91 bits per heavy atom. The van der Waals surface area contributed by atoms with Crippen LogP contribution in [0.5, 0.6) is 5.75 Å². The molecule has 0 radical (unpaired) electrons. The number of H-pyrrole nitrogens is 1. The molecule has 0 aliphatic heterocycles. The van der Waals surface area contributed by atoms with Crippen molar-refractivity contribution in [2.45, 2.75) is 0 Å². The van der Waals surface area contributed by atoms with Crippen LogP contribution >= 0.6 is 0 Å². The van der Waals surface area contributed by atoms with Gasteiger partial charge in [0.25, 0.3) is 0 Å². The van der Waals surface area contributed by atoms with E-state index in [4.69, 9.17) is 5.11 Å². The van der Waals surface area contributed by atoms with Gasteiger partial charge in [-0.2, -0.15) is 15.4 Å². The van der Waals surface area contributed by atoms with Gasteiger partial charge >= 0.3 is 29.6 Å². The smallest absolute Gasteiger partial charge is 1.00 e. The Bertz CT molecular complexity index is 364. The van der Waals surface area contributed by atoms with Gasteiger partial charge in [0.1, 0.15) is 11.3 Å². The first-order valence-corrected chi connectivity index (χ1v) is 2.86. The summed E-state index contributed by atoms with van der Waals surface area (Å²) in [4.78, 5) is 0. The Balaban J connectivity index is 0.000000605. The molecule has 4 nitrogen and oxygen atoms in total. The summed E-state index contributed by atoms with van der Waals surface area (Å²) in [5.74, 6) is 0.159. The molecule has 0 unspecified atom stereocenters.